The predicted octanol–water partition coefficient (Wildman–Crippen LogP) is 1.81. The summed E-state index contributed by atoms with van der Waals surface area (Å²) in [5, 5.41) is 16.3. The molecule has 1 heterocycles. The fourth-order valence-electron chi connectivity index (χ4n) is 1.87. The average Bonchev–Trinajstić information content (AvgIpc) is 2.70. The summed E-state index contributed by atoms with van der Waals surface area (Å²) in [7, 11) is 0. The van der Waals surface area contributed by atoms with Gasteiger partial charge in [0.1, 0.15) is 0 Å². The highest BCUT2D eigenvalue weighted by atomic mass is 32.2. The molecule has 1 saturated carbocycles. The zero-order valence-electron chi connectivity index (χ0n) is 11.3. The first kappa shape index (κ1) is 13.8. The molecule has 0 aliphatic heterocycles. The Labute approximate surface area is 113 Å². The average molecular weight is 269 g/mol. The van der Waals surface area contributed by atoms with E-state index in [-0.39, 0.29) is 0 Å². The van der Waals surface area contributed by atoms with Crippen LogP contribution in [-0.2, 0) is 6.54 Å². The second kappa shape index (κ2) is 7.09. The molecule has 1 fully saturated rings. The highest BCUT2D eigenvalue weighted by molar-refractivity contribution is 7.99. The summed E-state index contributed by atoms with van der Waals surface area (Å²) in [5.41, 5.74) is 0. The van der Waals surface area contributed by atoms with Gasteiger partial charge in [-0.05, 0) is 41.6 Å². The van der Waals surface area contributed by atoms with Crippen molar-refractivity contribution in [1.29, 1.82) is 0 Å². The molecule has 1 aromatic heterocycles. The van der Waals surface area contributed by atoms with Gasteiger partial charge in [-0.3, -0.25) is 0 Å². The van der Waals surface area contributed by atoms with Crippen molar-refractivity contribution in [3.05, 3.63) is 0 Å². The first-order chi connectivity index (χ1) is 8.75. The molecular formula is C12H23N5S. The molecule has 0 radical (unpaired) electrons. The smallest absolute Gasteiger partial charge is 0.209 e. The lowest BCUT2D eigenvalue weighted by Crippen LogP contribution is -2.24. The summed E-state index contributed by atoms with van der Waals surface area (Å²) < 4.78 is 1.91. The van der Waals surface area contributed by atoms with E-state index < -0.39 is 0 Å². The van der Waals surface area contributed by atoms with Gasteiger partial charge in [0, 0.05) is 12.3 Å². The van der Waals surface area contributed by atoms with Crippen LogP contribution in [0, 0.1) is 11.8 Å². The van der Waals surface area contributed by atoms with Crippen LogP contribution in [0.4, 0.5) is 0 Å². The largest absolute Gasteiger partial charge is 0.315 e. The number of hydrogen-bond acceptors (Lipinski definition) is 5. The lowest BCUT2D eigenvalue weighted by atomic mass is 9.87. The van der Waals surface area contributed by atoms with Gasteiger partial charge >= 0.3 is 0 Å². The second-order valence-corrected chi connectivity index (χ2v) is 6.38. The third-order valence-corrected chi connectivity index (χ3v) is 4.41. The number of nitrogens with one attached hydrogen (secondary N) is 1. The molecule has 0 spiro atoms. The number of aromatic nitrogens is 4. The van der Waals surface area contributed by atoms with E-state index in [0.29, 0.717) is 5.92 Å². The number of thioether (sulfide) groups is 1. The SMILES string of the molecule is CC(C)CNCCn1nnnc1SCC1CCC1. The minimum Gasteiger partial charge on any atom is -0.315 e. The predicted molar refractivity (Wildman–Crippen MR) is 73.6 cm³/mol. The van der Waals surface area contributed by atoms with Crippen molar-refractivity contribution < 1.29 is 0 Å². The Bertz CT molecular complexity index is 348. The number of nitrogens with zero attached hydrogens (tertiary/aromatic N) is 4. The van der Waals surface area contributed by atoms with Gasteiger partial charge in [-0.2, -0.15) is 0 Å². The second-order valence-electron chi connectivity index (χ2n) is 5.39. The van der Waals surface area contributed by atoms with Crippen LogP contribution in [0.1, 0.15) is 33.1 Å². The Morgan fingerprint density at radius 1 is 1.44 bits per heavy atom. The molecule has 1 aliphatic carbocycles. The molecule has 2 rings (SSSR count). The first-order valence-electron chi connectivity index (χ1n) is 6.85. The summed E-state index contributed by atoms with van der Waals surface area (Å²) in [5.74, 6) is 2.74. The van der Waals surface area contributed by atoms with Gasteiger partial charge in [-0.25, -0.2) is 4.68 Å². The molecule has 102 valence electrons. The zero-order valence-corrected chi connectivity index (χ0v) is 12.1. The van der Waals surface area contributed by atoms with Crippen LogP contribution in [-0.4, -0.2) is 39.0 Å². The molecule has 1 aliphatic rings. The Morgan fingerprint density at radius 2 is 2.28 bits per heavy atom. The highest BCUT2D eigenvalue weighted by Crippen LogP contribution is 2.31. The topological polar surface area (TPSA) is 55.6 Å². The van der Waals surface area contributed by atoms with E-state index >= 15 is 0 Å². The Kier molecular flexibility index (Phi) is 5.44. The van der Waals surface area contributed by atoms with Gasteiger partial charge in [-0.1, -0.05) is 32.0 Å². The van der Waals surface area contributed by atoms with Crippen molar-refractivity contribution in [3.8, 4) is 0 Å². The molecule has 0 bridgehead atoms. The van der Waals surface area contributed by atoms with Crippen molar-refractivity contribution in [2.45, 2.75) is 44.8 Å². The van der Waals surface area contributed by atoms with Crippen molar-refractivity contribution >= 4 is 11.8 Å². The minimum atomic E-state index is 0.686. The van der Waals surface area contributed by atoms with E-state index in [1.54, 1.807) is 11.8 Å². The molecule has 0 aromatic carbocycles. The maximum atomic E-state index is 4.10. The third kappa shape index (κ3) is 4.24. The van der Waals surface area contributed by atoms with Gasteiger partial charge in [0.2, 0.25) is 5.16 Å². The lowest BCUT2D eigenvalue weighted by Gasteiger charge is -2.24. The highest BCUT2D eigenvalue weighted by Gasteiger charge is 2.18. The minimum absolute atomic E-state index is 0.686. The summed E-state index contributed by atoms with van der Waals surface area (Å²) in [6.45, 7) is 7.26. The summed E-state index contributed by atoms with van der Waals surface area (Å²) in [6.07, 6.45) is 4.16. The van der Waals surface area contributed by atoms with Crippen LogP contribution >= 0.6 is 11.8 Å². The third-order valence-electron chi connectivity index (χ3n) is 3.22. The fraction of sp³-hybridized carbons (Fsp3) is 0.917. The molecule has 0 unspecified atom stereocenters. The number of hydrogen-bond donors (Lipinski definition) is 1. The van der Waals surface area contributed by atoms with Crippen molar-refractivity contribution in [2.75, 3.05) is 18.8 Å². The summed E-state index contributed by atoms with van der Waals surface area (Å²) >= 11 is 1.80. The normalized spacial score (nSPS) is 16.2. The van der Waals surface area contributed by atoms with Crippen LogP contribution in [0.2, 0.25) is 0 Å². The summed E-state index contributed by atoms with van der Waals surface area (Å²) in [4.78, 5) is 0. The van der Waals surface area contributed by atoms with Gasteiger partial charge in [-0.15, -0.1) is 5.10 Å². The van der Waals surface area contributed by atoms with Gasteiger partial charge in [0.05, 0.1) is 6.54 Å². The van der Waals surface area contributed by atoms with Crippen LogP contribution < -0.4 is 5.32 Å². The van der Waals surface area contributed by atoms with E-state index in [9.17, 15) is 0 Å². The quantitative estimate of drug-likeness (QED) is 0.576. The molecule has 18 heavy (non-hydrogen) atoms. The molecule has 6 heteroatoms. The molecule has 5 nitrogen and oxygen atoms in total. The van der Waals surface area contributed by atoms with Gasteiger partial charge < -0.3 is 5.32 Å². The van der Waals surface area contributed by atoms with Crippen LogP contribution in [0.5, 0.6) is 0 Å². The maximum absolute atomic E-state index is 4.10. The molecule has 0 amide bonds. The van der Waals surface area contributed by atoms with Crippen molar-refractivity contribution in [2.24, 2.45) is 11.8 Å². The fourth-order valence-corrected chi connectivity index (χ4v) is 2.96. The Hall–Kier alpha value is -0.620. The molecular weight excluding hydrogens is 246 g/mol. The van der Waals surface area contributed by atoms with Crippen LogP contribution in [0.3, 0.4) is 0 Å². The first-order valence-corrected chi connectivity index (χ1v) is 7.84. The number of rotatable bonds is 8. The molecule has 1 aromatic rings. The van der Waals surface area contributed by atoms with Gasteiger partial charge in [0.25, 0.3) is 0 Å². The van der Waals surface area contributed by atoms with Crippen molar-refractivity contribution in [1.82, 2.24) is 25.5 Å². The van der Waals surface area contributed by atoms with E-state index in [2.05, 4.69) is 34.7 Å². The van der Waals surface area contributed by atoms with E-state index in [4.69, 9.17) is 0 Å². The maximum Gasteiger partial charge on any atom is 0.209 e. The summed E-state index contributed by atoms with van der Waals surface area (Å²) in [6, 6.07) is 0. The Balaban J connectivity index is 1.69. The van der Waals surface area contributed by atoms with Crippen molar-refractivity contribution in [3.63, 3.8) is 0 Å². The Morgan fingerprint density at radius 3 is 2.94 bits per heavy atom. The lowest BCUT2D eigenvalue weighted by molar-refractivity contribution is 0.352. The zero-order chi connectivity index (χ0) is 12.8. The monoisotopic (exact) mass is 269 g/mol. The van der Waals surface area contributed by atoms with Crippen LogP contribution in [0.15, 0.2) is 5.16 Å². The van der Waals surface area contributed by atoms with E-state index in [1.807, 2.05) is 4.68 Å². The molecule has 0 atom stereocenters. The van der Waals surface area contributed by atoms with Crippen LogP contribution in [0.25, 0.3) is 0 Å². The molecule has 0 saturated heterocycles. The van der Waals surface area contributed by atoms with Gasteiger partial charge in [0.15, 0.2) is 0 Å². The number of tetrazole rings is 1. The molecule has 1 N–H and O–H groups in total. The standard InChI is InChI=1S/C12H23N5S/c1-10(2)8-13-6-7-17-12(14-15-16-17)18-9-11-4-3-5-11/h10-11,13H,3-9H2,1-2H3. The van der Waals surface area contributed by atoms with E-state index in [1.165, 1.54) is 25.0 Å². The van der Waals surface area contributed by atoms with E-state index in [0.717, 1.165) is 30.7 Å².